The van der Waals surface area contributed by atoms with E-state index < -0.39 is 5.97 Å². The fraction of sp³-hybridized carbons (Fsp3) is 0.333. The summed E-state index contributed by atoms with van der Waals surface area (Å²) in [4.78, 5) is 25.4. The lowest BCUT2D eigenvalue weighted by atomic mass is 9.97. The van der Waals surface area contributed by atoms with Crippen molar-refractivity contribution in [3.05, 3.63) is 53.6 Å². The zero-order valence-corrected chi connectivity index (χ0v) is 13.8. The van der Waals surface area contributed by atoms with Crippen LogP contribution >= 0.6 is 0 Å². The summed E-state index contributed by atoms with van der Waals surface area (Å²) in [5.41, 5.74) is 2.58. The van der Waals surface area contributed by atoms with E-state index in [1.54, 1.807) is 6.08 Å². The third kappa shape index (κ3) is 5.20. The van der Waals surface area contributed by atoms with Crippen LogP contribution in [0.1, 0.15) is 24.2 Å². The van der Waals surface area contributed by atoms with Gasteiger partial charge in [0.2, 0.25) is 0 Å². The largest absolute Gasteiger partial charge is 0.466 e. The standard InChI is InChI=1S/C18H23NO3/c1-13(6-11-17(20)22-5)12-14(2)18(21)15-7-9-16(10-8-15)19(3)4/h6-12,14H,1-5H3/b11-6+,13-12+. The van der Waals surface area contributed by atoms with Gasteiger partial charge in [-0.2, -0.15) is 0 Å². The fourth-order valence-electron chi connectivity index (χ4n) is 1.98. The molecule has 1 rings (SSSR count). The van der Waals surface area contributed by atoms with E-state index in [-0.39, 0.29) is 11.7 Å². The fourth-order valence-corrected chi connectivity index (χ4v) is 1.98. The molecule has 0 heterocycles. The molecule has 0 saturated heterocycles. The molecule has 0 aliphatic rings. The molecular weight excluding hydrogens is 278 g/mol. The molecule has 0 N–H and O–H groups in total. The Kier molecular flexibility index (Phi) is 6.57. The number of hydrogen-bond acceptors (Lipinski definition) is 4. The Balaban J connectivity index is 2.79. The van der Waals surface area contributed by atoms with E-state index in [1.807, 2.05) is 63.2 Å². The molecule has 1 unspecified atom stereocenters. The van der Waals surface area contributed by atoms with E-state index in [9.17, 15) is 9.59 Å². The quantitative estimate of drug-likeness (QED) is 0.350. The molecule has 22 heavy (non-hydrogen) atoms. The first-order valence-corrected chi connectivity index (χ1v) is 7.11. The molecule has 0 spiro atoms. The Bertz CT molecular complexity index is 583. The molecule has 0 amide bonds. The van der Waals surface area contributed by atoms with E-state index in [2.05, 4.69) is 4.74 Å². The predicted octanol–water partition coefficient (Wildman–Crippen LogP) is 3.25. The Labute approximate surface area is 132 Å². The average molecular weight is 301 g/mol. The van der Waals surface area contributed by atoms with Crippen LogP contribution in [0.5, 0.6) is 0 Å². The number of ether oxygens (including phenoxy) is 1. The Hall–Kier alpha value is -2.36. The van der Waals surface area contributed by atoms with Crippen molar-refractivity contribution in [1.29, 1.82) is 0 Å². The van der Waals surface area contributed by atoms with E-state index >= 15 is 0 Å². The third-order valence-electron chi connectivity index (χ3n) is 3.28. The molecule has 0 aromatic heterocycles. The summed E-state index contributed by atoms with van der Waals surface area (Å²) >= 11 is 0. The van der Waals surface area contributed by atoms with Crippen LogP contribution < -0.4 is 4.90 Å². The summed E-state index contributed by atoms with van der Waals surface area (Å²) in [5, 5.41) is 0. The second-order valence-electron chi connectivity index (χ2n) is 5.36. The highest BCUT2D eigenvalue weighted by Crippen LogP contribution is 2.17. The zero-order valence-electron chi connectivity index (χ0n) is 13.8. The minimum absolute atomic E-state index is 0.0520. The first kappa shape index (κ1) is 17.7. The van der Waals surface area contributed by atoms with Gasteiger partial charge in [0, 0.05) is 37.3 Å². The minimum atomic E-state index is -0.411. The number of Topliss-reactive ketones (excluding diaryl/α,β-unsaturated/α-hetero) is 1. The Morgan fingerprint density at radius 3 is 2.23 bits per heavy atom. The van der Waals surface area contributed by atoms with Gasteiger partial charge >= 0.3 is 5.97 Å². The predicted molar refractivity (Wildman–Crippen MR) is 89.2 cm³/mol. The van der Waals surface area contributed by atoms with Crippen molar-refractivity contribution < 1.29 is 14.3 Å². The molecule has 0 bridgehead atoms. The van der Waals surface area contributed by atoms with E-state index in [0.717, 1.165) is 11.3 Å². The van der Waals surface area contributed by atoms with Crippen LogP contribution in [0.2, 0.25) is 0 Å². The lowest BCUT2D eigenvalue weighted by Gasteiger charge is -2.13. The van der Waals surface area contributed by atoms with E-state index in [1.165, 1.54) is 13.2 Å². The highest BCUT2D eigenvalue weighted by Gasteiger charge is 2.13. The molecule has 1 atom stereocenters. The van der Waals surface area contributed by atoms with Gasteiger partial charge in [0.15, 0.2) is 5.78 Å². The molecule has 0 fully saturated rings. The maximum absolute atomic E-state index is 12.4. The number of carbonyl (C=O) groups excluding carboxylic acids is 2. The van der Waals surface area contributed by atoms with Gasteiger partial charge in [-0.25, -0.2) is 4.79 Å². The zero-order chi connectivity index (χ0) is 16.7. The first-order chi connectivity index (χ1) is 10.3. The Morgan fingerprint density at radius 2 is 1.73 bits per heavy atom. The van der Waals surface area contributed by atoms with Crippen LogP contribution in [0, 0.1) is 5.92 Å². The van der Waals surface area contributed by atoms with Crippen molar-refractivity contribution in [2.45, 2.75) is 13.8 Å². The van der Waals surface area contributed by atoms with Gasteiger partial charge < -0.3 is 9.64 Å². The number of allylic oxidation sites excluding steroid dienone is 3. The number of ketones is 1. The number of hydrogen-bond donors (Lipinski definition) is 0. The highest BCUT2D eigenvalue weighted by atomic mass is 16.5. The third-order valence-corrected chi connectivity index (χ3v) is 3.28. The van der Waals surface area contributed by atoms with Gasteiger partial charge in [-0.1, -0.05) is 24.6 Å². The van der Waals surface area contributed by atoms with Crippen LogP contribution in [0.3, 0.4) is 0 Å². The maximum atomic E-state index is 12.4. The summed E-state index contributed by atoms with van der Waals surface area (Å²) in [6.45, 7) is 3.69. The highest BCUT2D eigenvalue weighted by molar-refractivity contribution is 5.99. The summed E-state index contributed by atoms with van der Waals surface area (Å²) in [6.07, 6.45) is 4.82. The number of carbonyl (C=O) groups is 2. The van der Waals surface area contributed by atoms with Gasteiger partial charge in [0.25, 0.3) is 0 Å². The van der Waals surface area contributed by atoms with Crippen LogP contribution in [-0.4, -0.2) is 33.0 Å². The lowest BCUT2D eigenvalue weighted by Crippen LogP contribution is -2.11. The van der Waals surface area contributed by atoms with Crippen molar-refractivity contribution in [2.24, 2.45) is 5.92 Å². The van der Waals surface area contributed by atoms with Crippen molar-refractivity contribution in [1.82, 2.24) is 0 Å². The van der Waals surface area contributed by atoms with Crippen LogP contribution in [0.25, 0.3) is 0 Å². The second-order valence-corrected chi connectivity index (χ2v) is 5.36. The molecule has 0 aliphatic heterocycles. The monoisotopic (exact) mass is 301 g/mol. The molecule has 118 valence electrons. The molecule has 0 aliphatic carbocycles. The van der Waals surface area contributed by atoms with Crippen LogP contribution in [0.4, 0.5) is 5.69 Å². The van der Waals surface area contributed by atoms with Crippen LogP contribution in [-0.2, 0) is 9.53 Å². The summed E-state index contributed by atoms with van der Waals surface area (Å²) in [5.74, 6) is -0.616. The second kappa shape index (κ2) is 8.17. The normalized spacial score (nSPS) is 13.0. The molecule has 1 aromatic carbocycles. The summed E-state index contributed by atoms with van der Waals surface area (Å²) in [6, 6.07) is 7.52. The van der Waals surface area contributed by atoms with Crippen molar-refractivity contribution in [3.8, 4) is 0 Å². The van der Waals surface area contributed by atoms with Gasteiger partial charge in [-0.3, -0.25) is 4.79 Å². The molecule has 0 radical (unpaired) electrons. The number of anilines is 1. The molecule has 4 heteroatoms. The number of nitrogens with zero attached hydrogens (tertiary/aromatic N) is 1. The summed E-state index contributed by atoms with van der Waals surface area (Å²) < 4.78 is 4.53. The van der Waals surface area contributed by atoms with Gasteiger partial charge in [0.1, 0.15) is 0 Å². The molecular formula is C18H23NO3. The number of esters is 1. The Morgan fingerprint density at radius 1 is 1.14 bits per heavy atom. The SMILES string of the molecule is COC(=O)/C=C/C(C)=C/C(C)C(=O)c1ccc(N(C)C)cc1. The number of methoxy groups -OCH3 is 1. The number of benzene rings is 1. The smallest absolute Gasteiger partial charge is 0.330 e. The van der Waals surface area contributed by atoms with Crippen LogP contribution in [0.15, 0.2) is 48.1 Å². The van der Waals surface area contributed by atoms with Gasteiger partial charge in [0.05, 0.1) is 7.11 Å². The topological polar surface area (TPSA) is 46.6 Å². The van der Waals surface area contributed by atoms with Crippen molar-refractivity contribution in [2.75, 3.05) is 26.1 Å². The lowest BCUT2D eigenvalue weighted by molar-refractivity contribution is -0.134. The van der Waals surface area contributed by atoms with Crippen molar-refractivity contribution >= 4 is 17.4 Å². The first-order valence-electron chi connectivity index (χ1n) is 7.11. The molecule has 4 nitrogen and oxygen atoms in total. The minimum Gasteiger partial charge on any atom is -0.466 e. The number of rotatable bonds is 6. The maximum Gasteiger partial charge on any atom is 0.330 e. The molecule has 0 saturated carbocycles. The molecule has 1 aromatic rings. The summed E-state index contributed by atoms with van der Waals surface area (Å²) in [7, 11) is 5.24. The van der Waals surface area contributed by atoms with E-state index in [0.29, 0.717) is 5.56 Å². The van der Waals surface area contributed by atoms with Gasteiger partial charge in [-0.15, -0.1) is 0 Å². The van der Waals surface area contributed by atoms with E-state index in [4.69, 9.17) is 0 Å². The average Bonchev–Trinajstić information content (AvgIpc) is 2.51. The van der Waals surface area contributed by atoms with Crippen molar-refractivity contribution in [3.63, 3.8) is 0 Å². The van der Waals surface area contributed by atoms with Gasteiger partial charge in [-0.05, 0) is 31.2 Å².